The fourth-order valence-electron chi connectivity index (χ4n) is 2.73. The number of nitrogens with zero attached hydrogens (tertiary/aromatic N) is 2. The van der Waals surface area contributed by atoms with Crippen molar-refractivity contribution in [3.63, 3.8) is 0 Å². The van der Waals surface area contributed by atoms with Crippen LogP contribution in [-0.4, -0.2) is 22.6 Å². The molecule has 1 aliphatic rings. The van der Waals surface area contributed by atoms with Crippen molar-refractivity contribution in [3.05, 3.63) is 17.2 Å². The molecular formula is C14H25N3. The van der Waals surface area contributed by atoms with E-state index in [1.807, 2.05) is 0 Å². The van der Waals surface area contributed by atoms with Crippen molar-refractivity contribution in [2.45, 2.75) is 58.9 Å². The molecule has 0 spiro atoms. The van der Waals surface area contributed by atoms with Crippen LogP contribution in [0.15, 0.2) is 0 Å². The summed E-state index contributed by atoms with van der Waals surface area (Å²) in [5.74, 6) is 1.22. The molecule has 0 aliphatic heterocycles. The summed E-state index contributed by atoms with van der Waals surface area (Å²) in [4.78, 5) is 4.71. The van der Waals surface area contributed by atoms with Crippen LogP contribution in [-0.2, 0) is 19.4 Å². The average Bonchev–Trinajstić information content (AvgIpc) is 2.65. The molecule has 0 unspecified atom stereocenters. The third-order valence-electron chi connectivity index (χ3n) is 3.66. The Balaban J connectivity index is 1.89. The van der Waals surface area contributed by atoms with E-state index in [9.17, 15) is 0 Å². The van der Waals surface area contributed by atoms with Gasteiger partial charge in [-0.1, -0.05) is 6.92 Å². The zero-order valence-corrected chi connectivity index (χ0v) is 11.3. The molecule has 0 atom stereocenters. The van der Waals surface area contributed by atoms with Crippen LogP contribution in [0.4, 0.5) is 0 Å². The topological polar surface area (TPSA) is 29.9 Å². The van der Waals surface area contributed by atoms with Crippen LogP contribution in [0.2, 0.25) is 0 Å². The maximum Gasteiger partial charge on any atom is 0.106 e. The second-order valence-electron chi connectivity index (χ2n) is 4.97. The van der Waals surface area contributed by atoms with E-state index >= 15 is 0 Å². The molecule has 0 saturated heterocycles. The minimum atomic E-state index is 1.08. The molecule has 3 nitrogen and oxygen atoms in total. The van der Waals surface area contributed by atoms with Gasteiger partial charge in [-0.25, -0.2) is 4.98 Å². The van der Waals surface area contributed by atoms with Crippen molar-refractivity contribution in [3.8, 4) is 0 Å². The van der Waals surface area contributed by atoms with Gasteiger partial charge in [0.15, 0.2) is 0 Å². The number of fused-ring (bicyclic) bond motifs is 1. The smallest absolute Gasteiger partial charge is 0.106 e. The fourth-order valence-corrected chi connectivity index (χ4v) is 2.73. The van der Waals surface area contributed by atoms with E-state index in [2.05, 4.69) is 23.7 Å². The molecule has 1 aromatic rings. The zero-order chi connectivity index (χ0) is 12.1. The SMILES string of the molecule is CCNCCCCn1c(C)nc2c1CCCC2. The summed E-state index contributed by atoms with van der Waals surface area (Å²) in [6.45, 7) is 7.70. The van der Waals surface area contributed by atoms with Gasteiger partial charge in [-0.15, -0.1) is 0 Å². The van der Waals surface area contributed by atoms with Crippen molar-refractivity contribution in [1.82, 2.24) is 14.9 Å². The molecule has 1 aliphatic carbocycles. The summed E-state index contributed by atoms with van der Waals surface area (Å²) >= 11 is 0. The second-order valence-corrected chi connectivity index (χ2v) is 4.97. The predicted molar refractivity (Wildman–Crippen MR) is 71.4 cm³/mol. The summed E-state index contributed by atoms with van der Waals surface area (Å²) < 4.78 is 2.46. The van der Waals surface area contributed by atoms with E-state index in [0.717, 1.165) is 19.6 Å². The summed E-state index contributed by atoms with van der Waals surface area (Å²) in [6.07, 6.45) is 7.63. The summed E-state index contributed by atoms with van der Waals surface area (Å²) in [5, 5.41) is 3.38. The van der Waals surface area contributed by atoms with E-state index < -0.39 is 0 Å². The molecule has 0 amide bonds. The van der Waals surface area contributed by atoms with Gasteiger partial charge in [0.2, 0.25) is 0 Å². The molecule has 0 fully saturated rings. The number of aromatic nitrogens is 2. The molecule has 17 heavy (non-hydrogen) atoms. The minimum absolute atomic E-state index is 1.08. The second kappa shape index (κ2) is 6.20. The van der Waals surface area contributed by atoms with Gasteiger partial charge in [-0.3, -0.25) is 0 Å². The zero-order valence-electron chi connectivity index (χ0n) is 11.3. The lowest BCUT2D eigenvalue weighted by Crippen LogP contribution is -2.15. The molecule has 0 bridgehead atoms. The average molecular weight is 235 g/mol. The molecular weight excluding hydrogens is 210 g/mol. The summed E-state index contributed by atoms with van der Waals surface area (Å²) in [7, 11) is 0. The Bertz CT molecular complexity index is 355. The van der Waals surface area contributed by atoms with Gasteiger partial charge in [-0.05, 0) is 58.5 Å². The van der Waals surface area contributed by atoms with Crippen molar-refractivity contribution >= 4 is 0 Å². The quantitative estimate of drug-likeness (QED) is 0.768. The van der Waals surface area contributed by atoms with E-state index in [1.165, 1.54) is 55.7 Å². The first kappa shape index (κ1) is 12.6. The molecule has 0 radical (unpaired) electrons. The van der Waals surface area contributed by atoms with Gasteiger partial charge < -0.3 is 9.88 Å². The third-order valence-corrected chi connectivity index (χ3v) is 3.66. The highest BCUT2D eigenvalue weighted by Gasteiger charge is 2.17. The Morgan fingerprint density at radius 2 is 2.06 bits per heavy atom. The molecule has 1 heterocycles. The lowest BCUT2D eigenvalue weighted by atomic mass is 10.0. The van der Waals surface area contributed by atoms with Crippen LogP contribution < -0.4 is 5.32 Å². The number of hydrogen-bond donors (Lipinski definition) is 1. The van der Waals surface area contributed by atoms with E-state index in [-0.39, 0.29) is 0 Å². The molecule has 0 saturated carbocycles. The maximum atomic E-state index is 4.71. The molecule has 0 aromatic carbocycles. The number of nitrogens with one attached hydrogen (secondary N) is 1. The molecule has 1 N–H and O–H groups in total. The first-order valence-corrected chi connectivity index (χ1v) is 7.08. The summed E-state index contributed by atoms with van der Waals surface area (Å²) in [6, 6.07) is 0. The summed E-state index contributed by atoms with van der Waals surface area (Å²) in [5.41, 5.74) is 2.90. The lowest BCUT2D eigenvalue weighted by Gasteiger charge is -2.14. The number of rotatable bonds is 6. The van der Waals surface area contributed by atoms with Crippen LogP contribution >= 0.6 is 0 Å². The van der Waals surface area contributed by atoms with Crippen molar-refractivity contribution < 1.29 is 0 Å². The van der Waals surface area contributed by atoms with Gasteiger partial charge in [0.05, 0.1) is 5.69 Å². The van der Waals surface area contributed by atoms with Gasteiger partial charge >= 0.3 is 0 Å². The highest BCUT2D eigenvalue weighted by atomic mass is 15.1. The van der Waals surface area contributed by atoms with E-state index in [4.69, 9.17) is 4.98 Å². The molecule has 96 valence electrons. The van der Waals surface area contributed by atoms with Gasteiger partial charge in [0.25, 0.3) is 0 Å². The van der Waals surface area contributed by atoms with Crippen molar-refractivity contribution in [2.24, 2.45) is 0 Å². The molecule has 2 rings (SSSR count). The third kappa shape index (κ3) is 3.09. The maximum absolute atomic E-state index is 4.71. The van der Waals surface area contributed by atoms with E-state index in [0.29, 0.717) is 0 Å². The Morgan fingerprint density at radius 3 is 2.88 bits per heavy atom. The lowest BCUT2D eigenvalue weighted by molar-refractivity contribution is 0.542. The monoisotopic (exact) mass is 235 g/mol. The highest BCUT2D eigenvalue weighted by Crippen LogP contribution is 2.22. The number of aryl methyl sites for hydroxylation is 2. The number of imidazole rings is 1. The first-order valence-electron chi connectivity index (χ1n) is 7.08. The Labute approximate surface area is 105 Å². The predicted octanol–water partition coefficient (Wildman–Crippen LogP) is 2.46. The minimum Gasteiger partial charge on any atom is -0.332 e. The molecule has 1 aromatic heterocycles. The van der Waals surface area contributed by atoms with Crippen LogP contribution in [0.5, 0.6) is 0 Å². The van der Waals surface area contributed by atoms with Crippen molar-refractivity contribution in [2.75, 3.05) is 13.1 Å². The van der Waals surface area contributed by atoms with Crippen LogP contribution in [0.3, 0.4) is 0 Å². The standard InChI is InChI=1S/C14H25N3/c1-3-15-10-6-7-11-17-12(2)16-13-8-4-5-9-14(13)17/h15H,3-11H2,1-2H3. The van der Waals surface area contributed by atoms with Crippen LogP contribution in [0.25, 0.3) is 0 Å². The van der Waals surface area contributed by atoms with Gasteiger partial charge in [0.1, 0.15) is 5.82 Å². The molecule has 3 heteroatoms. The van der Waals surface area contributed by atoms with Gasteiger partial charge in [0, 0.05) is 12.2 Å². The van der Waals surface area contributed by atoms with Gasteiger partial charge in [-0.2, -0.15) is 0 Å². The Kier molecular flexibility index (Phi) is 4.60. The Hall–Kier alpha value is -0.830. The fraction of sp³-hybridized carbons (Fsp3) is 0.786. The largest absolute Gasteiger partial charge is 0.332 e. The normalized spacial score (nSPS) is 14.9. The number of hydrogen-bond acceptors (Lipinski definition) is 2. The highest BCUT2D eigenvalue weighted by molar-refractivity contribution is 5.19. The van der Waals surface area contributed by atoms with Crippen LogP contribution in [0.1, 0.15) is 49.8 Å². The first-order chi connectivity index (χ1) is 8.33. The van der Waals surface area contributed by atoms with Crippen LogP contribution in [0, 0.1) is 6.92 Å². The Morgan fingerprint density at radius 1 is 1.24 bits per heavy atom. The van der Waals surface area contributed by atoms with Crippen molar-refractivity contribution in [1.29, 1.82) is 0 Å². The van der Waals surface area contributed by atoms with E-state index in [1.54, 1.807) is 0 Å². The number of unbranched alkanes of at least 4 members (excludes halogenated alkanes) is 1.